The number of halogens is 2. The van der Waals surface area contributed by atoms with Gasteiger partial charge >= 0.3 is 19.7 Å². The van der Waals surface area contributed by atoms with Crippen LogP contribution in [0.3, 0.4) is 0 Å². The Hall–Kier alpha value is -2.29. The topological polar surface area (TPSA) is 165 Å². The number of carbonyl (C=O) groups excluding carboxylic acids is 2. The van der Waals surface area contributed by atoms with Crippen LogP contribution in [0.25, 0.3) is 0 Å². The Morgan fingerprint density at radius 2 is 2.05 bits per heavy atom. The molecule has 9 atom stereocenters. The normalized spacial score (nSPS) is 35.0. The molecule has 2 heterocycles. The maximum Gasteiger partial charge on any atom is 0.459 e. The number of aliphatic hydroxyl groups excluding tert-OH is 1. The largest absolute Gasteiger partial charge is 0.459 e. The van der Waals surface area contributed by atoms with E-state index >= 15 is 4.39 Å². The van der Waals surface area contributed by atoms with Crippen LogP contribution in [0.4, 0.5) is 9.18 Å². The molecule has 4 N–H and O–H groups in total. The molecule has 13 nitrogen and oxygen atoms in total. The fraction of sp³-hybridized carbons (Fsp3) is 0.545. The molecule has 0 radical (unpaired) electrons. The minimum absolute atomic E-state index is 0.0827. The summed E-state index contributed by atoms with van der Waals surface area (Å²) in [6.45, 7) is 3.07. The van der Waals surface area contributed by atoms with Crippen molar-refractivity contribution >= 4 is 31.3 Å². The average molecular weight is 580 g/mol. The number of hydrogen-bond acceptors (Lipinski definition) is 10. The Kier molecular flexibility index (Phi) is 8.09. The number of methoxy groups -OCH3 is 1. The molecule has 0 spiro atoms. The van der Waals surface area contributed by atoms with E-state index in [4.69, 9.17) is 34.9 Å². The van der Waals surface area contributed by atoms with Gasteiger partial charge in [-0.3, -0.25) is 14.2 Å². The van der Waals surface area contributed by atoms with Crippen molar-refractivity contribution in [1.82, 2.24) is 15.3 Å². The van der Waals surface area contributed by atoms with Gasteiger partial charge in [-0.2, -0.15) is 5.09 Å². The van der Waals surface area contributed by atoms with Crippen LogP contribution in [0.1, 0.15) is 13.8 Å². The SMILES string of the molecule is COC[C@H](C)OC(=O)[C@H](C)NP(=O)(Oc1ccccc1)OC1[C@H]2O[C@@H](N3C=CC(O)NC3=O)[C@@](F)(Cl)[C@@]12O. The van der Waals surface area contributed by atoms with Crippen LogP contribution in [-0.2, 0) is 28.1 Å². The van der Waals surface area contributed by atoms with Crippen molar-refractivity contribution < 1.29 is 52.0 Å². The summed E-state index contributed by atoms with van der Waals surface area (Å²) in [5.74, 6) is -0.720. The first kappa shape index (κ1) is 28.7. The van der Waals surface area contributed by atoms with E-state index in [0.29, 0.717) is 0 Å². The number of nitrogens with zero attached hydrogens (tertiary/aromatic N) is 1. The number of ether oxygens (including phenoxy) is 3. The van der Waals surface area contributed by atoms with E-state index in [1.165, 1.54) is 26.2 Å². The summed E-state index contributed by atoms with van der Waals surface area (Å²) in [5.41, 5.74) is -2.54. The van der Waals surface area contributed by atoms with Gasteiger partial charge in [0.1, 0.15) is 36.3 Å². The van der Waals surface area contributed by atoms with Crippen molar-refractivity contribution in [2.45, 2.75) is 61.4 Å². The molecule has 210 valence electrons. The molecule has 2 aliphatic heterocycles. The van der Waals surface area contributed by atoms with Crippen LogP contribution in [0.5, 0.6) is 5.75 Å². The van der Waals surface area contributed by atoms with Crippen molar-refractivity contribution in [3.63, 3.8) is 0 Å². The van der Waals surface area contributed by atoms with Crippen molar-refractivity contribution in [3.05, 3.63) is 42.6 Å². The van der Waals surface area contributed by atoms with Gasteiger partial charge in [0.25, 0.3) is 5.13 Å². The highest BCUT2D eigenvalue weighted by Gasteiger charge is 2.87. The molecular formula is C22H28ClFN3O10P. The average Bonchev–Trinajstić information content (AvgIpc) is 3.32. The number of para-hydroxylation sites is 1. The summed E-state index contributed by atoms with van der Waals surface area (Å²) in [7, 11) is -3.08. The molecule has 0 bridgehead atoms. The molecule has 16 heteroatoms. The molecule has 4 rings (SSSR count). The van der Waals surface area contributed by atoms with Crippen LogP contribution in [0.15, 0.2) is 42.6 Å². The number of carbonyl (C=O) groups is 2. The van der Waals surface area contributed by atoms with Crippen LogP contribution in [0.2, 0.25) is 0 Å². The standard InChI is InChI=1S/C22H28ClFN3O10P/c1-12(11-33-3)34-18(29)13(2)26-38(32,36-14-7-5-4-6-8-14)37-17-16-21(17,31)22(23,24)19(35-16)27-10-9-15(28)25-20(27)30/h4-10,12-13,15-17,19,28,31H,11H2,1-3H3,(H,25,30)(H,26,32)/t12-,13-,15?,16+,17?,19+,21-,22-,38?/m0/s1. The number of benzene rings is 1. The quantitative estimate of drug-likeness (QED) is 0.170. The zero-order valence-electron chi connectivity index (χ0n) is 20.5. The van der Waals surface area contributed by atoms with E-state index in [1.807, 2.05) is 0 Å². The van der Waals surface area contributed by atoms with Gasteiger partial charge in [-0.25, -0.2) is 13.8 Å². The fourth-order valence-corrected chi connectivity index (χ4v) is 6.13. The summed E-state index contributed by atoms with van der Waals surface area (Å²) in [5, 5.41) is 22.0. The number of alkyl halides is 2. The zero-order valence-corrected chi connectivity index (χ0v) is 22.2. The molecule has 1 saturated heterocycles. The first-order valence-corrected chi connectivity index (χ1v) is 13.5. The number of rotatable bonds is 11. The van der Waals surface area contributed by atoms with Crippen molar-refractivity contribution in [1.29, 1.82) is 0 Å². The summed E-state index contributed by atoms with van der Waals surface area (Å²) < 4.78 is 56.2. The molecule has 38 heavy (non-hydrogen) atoms. The van der Waals surface area contributed by atoms with E-state index < -0.39 is 67.3 Å². The summed E-state index contributed by atoms with van der Waals surface area (Å²) >= 11 is 6.05. The highest BCUT2D eigenvalue weighted by Crippen LogP contribution is 2.65. The predicted molar refractivity (Wildman–Crippen MR) is 128 cm³/mol. The number of fused-ring (bicyclic) bond motifs is 1. The molecule has 1 aliphatic carbocycles. The van der Waals surface area contributed by atoms with Gasteiger partial charge in [0.2, 0.25) is 0 Å². The maximum absolute atomic E-state index is 15.8. The number of amides is 2. The van der Waals surface area contributed by atoms with Gasteiger partial charge in [0.15, 0.2) is 11.8 Å². The van der Waals surface area contributed by atoms with E-state index in [0.717, 1.165) is 17.2 Å². The molecule has 3 aliphatic rings. The first-order valence-electron chi connectivity index (χ1n) is 11.5. The minimum atomic E-state index is -4.52. The van der Waals surface area contributed by atoms with Crippen LogP contribution in [0, 0.1) is 0 Å². The summed E-state index contributed by atoms with van der Waals surface area (Å²) in [6, 6.07) is 5.64. The molecule has 1 aromatic carbocycles. The van der Waals surface area contributed by atoms with Gasteiger partial charge in [0.05, 0.1) is 6.61 Å². The smallest absolute Gasteiger partial charge is 0.459 e. The van der Waals surface area contributed by atoms with E-state index in [2.05, 4.69) is 10.4 Å². The van der Waals surface area contributed by atoms with E-state index in [1.54, 1.807) is 25.1 Å². The third-order valence-corrected chi connectivity index (χ3v) is 8.13. The molecule has 3 unspecified atom stereocenters. The molecule has 0 aromatic heterocycles. The molecule has 1 aromatic rings. The van der Waals surface area contributed by atoms with E-state index in [-0.39, 0.29) is 12.4 Å². The Bertz CT molecular complexity index is 1130. The Labute approximate surface area is 222 Å². The lowest BCUT2D eigenvalue weighted by atomic mass is 10.1. The second-order valence-electron chi connectivity index (χ2n) is 8.98. The molecule has 2 amide bonds. The van der Waals surface area contributed by atoms with Gasteiger partial charge in [-0.1, -0.05) is 29.8 Å². The third-order valence-electron chi connectivity index (χ3n) is 5.99. The Morgan fingerprint density at radius 3 is 2.63 bits per heavy atom. The number of urea groups is 1. The highest BCUT2D eigenvalue weighted by molar-refractivity contribution is 7.52. The van der Waals surface area contributed by atoms with E-state index in [9.17, 15) is 24.4 Å². The minimum Gasteiger partial charge on any atom is -0.459 e. The van der Waals surface area contributed by atoms with Gasteiger partial charge in [-0.15, -0.1) is 0 Å². The van der Waals surface area contributed by atoms with Crippen molar-refractivity contribution in [3.8, 4) is 5.75 Å². The monoisotopic (exact) mass is 579 g/mol. The zero-order chi connectivity index (χ0) is 27.9. The number of esters is 1. The van der Waals surface area contributed by atoms with Crippen molar-refractivity contribution in [2.24, 2.45) is 0 Å². The molecule has 1 saturated carbocycles. The number of hydrogen-bond donors (Lipinski definition) is 4. The number of aliphatic hydroxyl groups is 2. The first-order chi connectivity index (χ1) is 17.8. The maximum atomic E-state index is 15.8. The third kappa shape index (κ3) is 5.40. The van der Waals surface area contributed by atoms with Gasteiger partial charge < -0.3 is 34.3 Å². The van der Waals surface area contributed by atoms with Crippen LogP contribution < -0.4 is 14.9 Å². The lowest BCUT2D eigenvalue weighted by Crippen LogP contribution is -2.58. The second-order valence-corrected chi connectivity index (χ2v) is 11.2. The van der Waals surface area contributed by atoms with Crippen molar-refractivity contribution in [2.75, 3.05) is 13.7 Å². The molecular weight excluding hydrogens is 552 g/mol. The summed E-state index contributed by atoms with van der Waals surface area (Å²) in [4.78, 5) is 25.4. The fourth-order valence-electron chi connectivity index (χ4n) is 4.05. The molecule has 2 fully saturated rings. The second kappa shape index (κ2) is 10.7. The predicted octanol–water partition coefficient (Wildman–Crippen LogP) is 1.35. The highest BCUT2D eigenvalue weighted by atomic mass is 35.5. The Morgan fingerprint density at radius 1 is 1.37 bits per heavy atom. The lowest BCUT2D eigenvalue weighted by molar-refractivity contribution is -0.152. The van der Waals surface area contributed by atoms with Gasteiger partial charge in [0, 0.05) is 13.3 Å². The van der Waals surface area contributed by atoms with Gasteiger partial charge in [-0.05, 0) is 32.1 Å². The van der Waals surface area contributed by atoms with Crippen LogP contribution >= 0.6 is 19.3 Å². The number of nitrogens with one attached hydrogen (secondary N) is 2. The lowest BCUT2D eigenvalue weighted by Gasteiger charge is -2.36. The summed E-state index contributed by atoms with van der Waals surface area (Å²) in [6.07, 6.45) is -4.58. The van der Waals surface area contributed by atoms with Crippen LogP contribution in [-0.4, -0.2) is 88.4 Å². The Balaban J connectivity index is 1.51.